The molecule has 0 unspecified atom stereocenters. The molecule has 0 saturated carbocycles. The lowest BCUT2D eigenvalue weighted by molar-refractivity contribution is 0.0944. The maximum Gasteiger partial charge on any atom is 0.273 e. The number of likely N-dealkylation sites (tertiary alicyclic amines) is 1. The number of nitrogens with zero attached hydrogens (tertiary/aromatic N) is 2. The Morgan fingerprint density at radius 3 is 2.61 bits per heavy atom. The van der Waals surface area contributed by atoms with Gasteiger partial charge in [0.15, 0.2) is 5.69 Å². The van der Waals surface area contributed by atoms with Gasteiger partial charge < -0.3 is 14.6 Å². The molecule has 0 aliphatic carbocycles. The van der Waals surface area contributed by atoms with Crippen LogP contribution in [0.4, 0.5) is 0 Å². The van der Waals surface area contributed by atoms with Crippen molar-refractivity contribution in [3.63, 3.8) is 0 Å². The average molecular weight is 313 g/mol. The van der Waals surface area contributed by atoms with Gasteiger partial charge in [-0.15, -0.1) is 0 Å². The van der Waals surface area contributed by atoms with E-state index in [0.717, 1.165) is 25.2 Å². The van der Waals surface area contributed by atoms with Crippen LogP contribution < -0.4 is 5.32 Å². The van der Waals surface area contributed by atoms with E-state index < -0.39 is 0 Å². The van der Waals surface area contributed by atoms with Crippen molar-refractivity contribution in [1.29, 1.82) is 0 Å². The van der Waals surface area contributed by atoms with Gasteiger partial charge in [-0.25, -0.2) is 4.98 Å². The van der Waals surface area contributed by atoms with Gasteiger partial charge in [0.25, 0.3) is 5.91 Å². The van der Waals surface area contributed by atoms with Crippen molar-refractivity contribution in [3.8, 4) is 11.5 Å². The van der Waals surface area contributed by atoms with Gasteiger partial charge in [-0.2, -0.15) is 0 Å². The smallest absolute Gasteiger partial charge is 0.273 e. The molecule has 1 fully saturated rings. The number of amides is 1. The largest absolute Gasteiger partial charge is 0.441 e. The first-order valence-corrected chi connectivity index (χ1v) is 8.18. The van der Waals surface area contributed by atoms with Gasteiger partial charge in [0.1, 0.15) is 5.76 Å². The van der Waals surface area contributed by atoms with Crippen LogP contribution in [0.3, 0.4) is 0 Å². The van der Waals surface area contributed by atoms with Crippen molar-refractivity contribution in [2.75, 3.05) is 26.2 Å². The summed E-state index contributed by atoms with van der Waals surface area (Å²) >= 11 is 0. The Balaban J connectivity index is 1.62. The molecule has 1 aromatic carbocycles. The van der Waals surface area contributed by atoms with Gasteiger partial charge in [0, 0.05) is 18.7 Å². The number of hydrogen-bond donors (Lipinski definition) is 1. The fourth-order valence-corrected chi connectivity index (χ4v) is 2.84. The molecule has 1 N–H and O–H groups in total. The van der Waals surface area contributed by atoms with Crippen LogP contribution >= 0.6 is 0 Å². The summed E-state index contributed by atoms with van der Waals surface area (Å²) in [6.45, 7) is 7.62. The van der Waals surface area contributed by atoms with Crippen LogP contribution in [0.25, 0.3) is 11.5 Å². The van der Waals surface area contributed by atoms with Gasteiger partial charge >= 0.3 is 0 Å². The third-order valence-electron chi connectivity index (χ3n) is 4.22. The van der Waals surface area contributed by atoms with E-state index in [-0.39, 0.29) is 5.91 Å². The Bertz CT molecular complexity index is 670. The number of hydrogen-bond acceptors (Lipinski definition) is 4. The van der Waals surface area contributed by atoms with Crippen molar-refractivity contribution >= 4 is 5.91 Å². The van der Waals surface area contributed by atoms with Gasteiger partial charge in [-0.05, 0) is 51.9 Å². The first kappa shape index (κ1) is 15.7. The highest BCUT2D eigenvalue weighted by molar-refractivity contribution is 5.93. The number of oxazole rings is 1. The molecule has 2 heterocycles. The van der Waals surface area contributed by atoms with Gasteiger partial charge in [-0.1, -0.05) is 17.7 Å². The molecule has 5 nitrogen and oxygen atoms in total. The molecule has 1 amide bonds. The summed E-state index contributed by atoms with van der Waals surface area (Å²) in [5.41, 5.74) is 2.44. The van der Waals surface area contributed by atoms with E-state index in [1.807, 2.05) is 31.2 Å². The van der Waals surface area contributed by atoms with Crippen LogP contribution in [0.15, 0.2) is 28.7 Å². The molecule has 3 rings (SSSR count). The van der Waals surface area contributed by atoms with Crippen molar-refractivity contribution in [3.05, 3.63) is 41.3 Å². The number of rotatable bonds is 5. The first-order valence-electron chi connectivity index (χ1n) is 8.18. The molecule has 1 aliphatic heterocycles. The van der Waals surface area contributed by atoms with Crippen molar-refractivity contribution in [1.82, 2.24) is 15.2 Å². The Morgan fingerprint density at radius 2 is 1.91 bits per heavy atom. The molecule has 0 radical (unpaired) electrons. The third-order valence-corrected chi connectivity index (χ3v) is 4.22. The molecule has 5 heteroatoms. The predicted molar refractivity (Wildman–Crippen MR) is 89.4 cm³/mol. The number of carbonyl (C=O) groups excluding carboxylic acids is 1. The van der Waals surface area contributed by atoms with Gasteiger partial charge in [0.05, 0.1) is 0 Å². The highest BCUT2D eigenvalue weighted by Crippen LogP contribution is 2.22. The monoisotopic (exact) mass is 313 g/mol. The normalized spacial score (nSPS) is 15.0. The second-order valence-corrected chi connectivity index (χ2v) is 6.09. The highest BCUT2D eigenvalue weighted by atomic mass is 16.4. The molecule has 1 aliphatic rings. The fourth-order valence-electron chi connectivity index (χ4n) is 2.84. The Morgan fingerprint density at radius 1 is 1.22 bits per heavy atom. The van der Waals surface area contributed by atoms with Crippen molar-refractivity contribution < 1.29 is 9.21 Å². The number of aryl methyl sites for hydroxylation is 2. The summed E-state index contributed by atoms with van der Waals surface area (Å²) in [6.07, 6.45) is 2.52. The summed E-state index contributed by atoms with van der Waals surface area (Å²) < 4.78 is 5.66. The lowest BCUT2D eigenvalue weighted by Crippen LogP contribution is -2.33. The molecule has 0 atom stereocenters. The van der Waals surface area contributed by atoms with E-state index in [2.05, 4.69) is 15.2 Å². The van der Waals surface area contributed by atoms with E-state index in [4.69, 9.17) is 4.42 Å². The number of nitrogens with one attached hydrogen (secondary N) is 1. The zero-order valence-electron chi connectivity index (χ0n) is 13.8. The second kappa shape index (κ2) is 6.96. The SMILES string of the molecule is Cc1ccc(-c2nc(C(=O)NCCN3CCCC3)c(C)o2)cc1. The van der Waals surface area contributed by atoms with E-state index >= 15 is 0 Å². The van der Waals surface area contributed by atoms with Crippen LogP contribution in [0.2, 0.25) is 0 Å². The zero-order chi connectivity index (χ0) is 16.2. The minimum absolute atomic E-state index is 0.163. The minimum Gasteiger partial charge on any atom is -0.441 e. The highest BCUT2D eigenvalue weighted by Gasteiger charge is 2.18. The molecule has 0 bridgehead atoms. The van der Waals surface area contributed by atoms with Gasteiger partial charge in [0.2, 0.25) is 5.89 Å². The molecule has 122 valence electrons. The minimum atomic E-state index is -0.163. The number of benzene rings is 1. The molecule has 1 aromatic heterocycles. The van der Waals surface area contributed by atoms with E-state index in [9.17, 15) is 4.79 Å². The number of carbonyl (C=O) groups is 1. The predicted octanol–water partition coefficient (Wildman–Crippen LogP) is 2.78. The van der Waals surface area contributed by atoms with Crippen LogP contribution in [-0.4, -0.2) is 42.0 Å². The van der Waals surface area contributed by atoms with Crippen LogP contribution in [0.5, 0.6) is 0 Å². The van der Waals surface area contributed by atoms with E-state index in [0.29, 0.717) is 23.9 Å². The fraction of sp³-hybridized carbons (Fsp3) is 0.444. The maximum atomic E-state index is 12.3. The summed E-state index contributed by atoms with van der Waals surface area (Å²) in [7, 11) is 0. The van der Waals surface area contributed by atoms with Crippen LogP contribution in [0, 0.1) is 13.8 Å². The Hall–Kier alpha value is -2.14. The van der Waals surface area contributed by atoms with E-state index in [1.54, 1.807) is 6.92 Å². The summed E-state index contributed by atoms with van der Waals surface area (Å²) in [5.74, 6) is 0.884. The summed E-state index contributed by atoms with van der Waals surface area (Å²) in [4.78, 5) is 19.0. The standard InChI is InChI=1S/C18H23N3O2/c1-13-5-7-15(8-6-13)18-20-16(14(2)23-18)17(22)19-9-12-21-10-3-4-11-21/h5-8H,3-4,9-12H2,1-2H3,(H,19,22). The van der Waals surface area contributed by atoms with Crippen molar-refractivity contribution in [2.45, 2.75) is 26.7 Å². The molecule has 23 heavy (non-hydrogen) atoms. The Labute approximate surface area is 136 Å². The second-order valence-electron chi connectivity index (χ2n) is 6.09. The van der Waals surface area contributed by atoms with Crippen LogP contribution in [-0.2, 0) is 0 Å². The summed E-state index contributed by atoms with van der Waals surface area (Å²) in [6, 6.07) is 7.92. The van der Waals surface area contributed by atoms with Crippen molar-refractivity contribution in [2.24, 2.45) is 0 Å². The molecule has 2 aromatic rings. The first-order chi connectivity index (χ1) is 11.1. The molecule has 1 saturated heterocycles. The molecular weight excluding hydrogens is 290 g/mol. The average Bonchev–Trinajstić information content (AvgIpc) is 3.17. The number of aromatic nitrogens is 1. The third kappa shape index (κ3) is 3.79. The Kier molecular flexibility index (Phi) is 4.76. The van der Waals surface area contributed by atoms with E-state index in [1.165, 1.54) is 18.4 Å². The quantitative estimate of drug-likeness (QED) is 0.922. The lowest BCUT2D eigenvalue weighted by atomic mass is 10.1. The van der Waals surface area contributed by atoms with Crippen LogP contribution in [0.1, 0.15) is 34.7 Å². The maximum absolute atomic E-state index is 12.3. The topological polar surface area (TPSA) is 58.4 Å². The lowest BCUT2D eigenvalue weighted by Gasteiger charge is -2.14. The summed E-state index contributed by atoms with van der Waals surface area (Å²) in [5, 5.41) is 2.94. The van der Waals surface area contributed by atoms with Gasteiger partial charge in [-0.3, -0.25) is 4.79 Å². The molecular formula is C18H23N3O2. The zero-order valence-corrected chi connectivity index (χ0v) is 13.8. The molecule has 0 spiro atoms.